The SMILES string of the molecule is CC(=O)Nc1ccc2[nH]cc(C3CCN(C(=O)OC(C)(C)C)CC3)c2n1. The van der Waals surface area contributed by atoms with Gasteiger partial charge < -0.3 is 19.9 Å². The van der Waals surface area contributed by atoms with E-state index in [0.29, 0.717) is 24.8 Å². The van der Waals surface area contributed by atoms with Gasteiger partial charge in [-0.05, 0) is 57.2 Å². The van der Waals surface area contributed by atoms with Gasteiger partial charge in [-0.3, -0.25) is 4.79 Å². The first-order valence-electron chi connectivity index (χ1n) is 8.96. The van der Waals surface area contributed by atoms with Crippen molar-refractivity contribution in [2.75, 3.05) is 18.4 Å². The number of pyridine rings is 1. The molecule has 1 aliphatic heterocycles. The average molecular weight is 358 g/mol. The summed E-state index contributed by atoms with van der Waals surface area (Å²) in [6.07, 6.45) is 3.46. The van der Waals surface area contributed by atoms with Crippen LogP contribution in [-0.2, 0) is 9.53 Å². The minimum atomic E-state index is -0.477. The van der Waals surface area contributed by atoms with Gasteiger partial charge in [0.25, 0.3) is 0 Å². The summed E-state index contributed by atoms with van der Waals surface area (Å²) in [5.41, 5.74) is 2.49. The number of piperidine rings is 1. The van der Waals surface area contributed by atoms with Crippen LogP contribution in [0.4, 0.5) is 10.6 Å². The molecule has 2 N–H and O–H groups in total. The highest BCUT2D eigenvalue weighted by molar-refractivity contribution is 5.90. The van der Waals surface area contributed by atoms with Gasteiger partial charge >= 0.3 is 6.09 Å². The number of carbonyl (C=O) groups is 2. The molecule has 0 spiro atoms. The molecule has 0 saturated carbocycles. The fraction of sp³-hybridized carbons (Fsp3) is 0.526. The Labute approximate surface area is 153 Å². The van der Waals surface area contributed by atoms with E-state index in [1.54, 1.807) is 11.0 Å². The van der Waals surface area contributed by atoms with Crippen molar-refractivity contribution in [1.82, 2.24) is 14.9 Å². The maximum Gasteiger partial charge on any atom is 0.410 e. The molecule has 3 heterocycles. The third-order valence-corrected chi connectivity index (χ3v) is 4.44. The normalized spacial score (nSPS) is 15.9. The van der Waals surface area contributed by atoms with Gasteiger partial charge in [0.1, 0.15) is 11.4 Å². The number of hydrogen-bond donors (Lipinski definition) is 2. The van der Waals surface area contributed by atoms with E-state index in [2.05, 4.69) is 15.3 Å². The van der Waals surface area contributed by atoms with Gasteiger partial charge in [0.05, 0.1) is 11.0 Å². The summed E-state index contributed by atoms with van der Waals surface area (Å²) in [4.78, 5) is 33.1. The summed E-state index contributed by atoms with van der Waals surface area (Å²) in [6, 6.07) is 3.71. The van der Waals surface area contributed by atoms with Gasteiger partial charge in [-0.1, -0.05) is 0 Å². The van der Waals surface area contributed by atoms with Crippen molar-refractivity contribution >= 4 is 28.9 Å². The highest BCUT2D eigenvalue weighted by atomic mass is 16.6. The molecule has 3 rings (SSSR count). The first kappa shape index (κ1) is 18.2. The zero-order chi connectivity index (χ0) is 18.9. The van der Waals surface area contributed by atoms with E-state index in [-0.39, 0.29) is 12.0 Å². The quantitative estimate of drug-likeness (QED) is 0.858. The number of hydrogen-bond acceptors (Lipinski definition) is 4. The van der Waals surface area contributed by atoms with Crippen LogP contribution in [0.3, 0.4) is 0 Å². The largest absolute Gasteiger partial charge is 0.444 e. The summed E-state index contributed by atoms with van der Waals surface area (Å²) in [5, 5.41) is 2.73. The molecule has 0 atom stereocenters. The molecule has 140 valence electrons. The van der Waals surface area contributed by atoms with Gasteiger partial charge in [0.2, 0.25) is 5.91 Å². The number of anilines is 1. The van der Waals surface area contributed by atoms with Crippen molar-refractivity contribution < 1.29 is 14.3 Å². The number of nitrogens with zero attached hydrogens (tertiary/aromatic N) is 2. The number of ether oxygens (including phenoxy) is 1. The Hall–Kier alpha value is -2.57. The lowest BCUT2D eigenvalue weighted by atomic mass is 9.90. The Morgan fingerprint density at radius 1 is 1.27 bits per heavy atom. The molecule has 1 fully saturated rings. The van der Waals surface area contributed by atoms with Crippen LogP contribution in [0.2, 0.25) is 0 Å². The number of fused-ring (bicyclic) bond motifs is 1. The van der Waals surface area contributed by atoms with E-state index in [9.17, 15) is 9.59 Å². The van der Waals surface area contributed by atoms with Gasteiger partial charge in [-0.2, -0.15) is 0 Å². The van der Waals surface area contributed by atoms with Crippen molar-refractivity contribution in [3.05, 3.63) is 23.9 Å². The molecule has 2 aromatic rings. The Kier molecular flexibility index (Phi) is 4.89. The number of nitrogens with one attached hydrogen (secondary N) is 2. The van der Waals surface area contributed by atoms with E-state index in [1.165, 1.54) is 6.92 Å². The Morgan fingerprint density at radius 2 is 1.96 bits per heavy atom. The topological polar surface area (TPSA) is 87.3 Å². The first-order valence-corrected chi connectivity index (χ1v) is 8.96. The van der Waals surface area contributed by atoms with Crippen molar-refractivity contribution in [2.24, 2.45) is 0 Å². The zero-order valence-corrected chi connectivity index (χ0v) is 15.8. The van der Waals surface area contributed by atoms with Crippen LogP contribution in [-0.4, -0.2) is 45.6 Å². The van der Waals surface area contributed by atoms with Crippen LogP contribution in [0.25, 0.3) is 11.0 Å². The average Bonchev–Trinajstić information content (AvgIpc) is 2.96. The standard InChI is InChI=1S/C19H26N4O3/c1-12(24)21-16-6-5-15-17(22-16)14(11-20-15)13-7-9-23(10-8-13)18(25)26-19(2,3)4/h5-6,11,13,20H,7-10H2,1-4H3,(H,21,22,24). The Balaban J connectivity index is 1.71. The molecule has 2 amide bonds. The van der Waals surface area contributed by atoms with Crippen LogP contribution < -0.4 is 5.32 Å². The Bertz CT molecular complexity index is 814. The minimum absolute atomic E-state index is 0.139. The van der Waals surface area contributed by atoms with E-state index in [4.69, 9.17) is 4.74 Å². The molecule has 1 saturated heterocycles. The fourth-order valence-electron chi connectivity index (χ4n) is 3.28. The van der Waals surface area contributed by atoms with Crippen molar-refractivity contribution in [3.63, 3.8) is 0 Å². The third-order valence-electron chi connectivity index (χ3n) is 4.44. The minimum Gasteiger partial charge on any atom is -0.444 e. The van der Waals surface area contributed by atoms with Crippen molar-refractivity contribution in [1.29, 1.82) is 0 Å². The van der Waals surface area contributed by atoms with E-state index >= 15 is 0 Å². The number of aromatic amines is 1. The van der Waals surface area contributed by atoms with Gasteiger partial charge in [-0.15, -0.1) is 0 Å². The van der Waals surface area contributed by atoms with Crippen LogP contribution in [0.5, 0.6) is 0 Å². The molecule has 0 aliphatic carbocycles. The van der Waals surface area contributed by atoms with Crippen molar-refractivity contribution in [2.45, 2.75) is 52.1 Å². The van der Waals surface area contributed by atoms with Crippen LogP contribution in [0, 0.1) is 0 Å². The van der Waals surface area contributed by atoms with Gasteiger partial charge in [0, 0.05) is 26.2 Å². The molecule has 1 aliphatic rings. The molecule has 2 aromatic heterocycles. The summed E-state index contributed by atoms with van der Waals surface area (Å²) in [7, 11) is 0. The molecule has 0 radical (unpaired) electrons. The monoisotopic (exact) mass is 358 g/mol. The fourth-order valence-corrected chi connectivity index (χ4v) is 3.28. The number of carbonyl (C=O) groups excluding carboxylic acids is 2. The number of aromatic nitrogens is 2. The summed E-state index contributed by atoms with van der Waals surface area (Å²) in [6.45, 7) is 8.43. The highest BCUT2D eigenvalue weighted by Gasteiger charge is 2.28. The lowest BCUT2D eigenvalue weighted by molar-refractivity contribution is -0.114. The maximum absolute atomic E-state index is 12.2. The number of likely N-dealkylation sites (tertiary alicyclic amines) is 1. The summed E-state index contributed by atoms with van der Waals surface area (Å²) in [5.74, 6) is 0.735. The predicted octanol–water partition coefficient (Wildman–Crippen LogP) is 3.64. The van der Waals surface area contributed by atoms with E-state index in [1.807, 2.05) is 33.0 Å². The highest BCUT2D eigenvalue weighted by Crippen LogP contribution is 2.33. The van der Waals surface area contributed by atoms with Crippen molar-refractivity contribution in [3.8, 4) is 0 Å². The molecule has 0 bridgehead atoms. The number of H-pyrrole nitrogens is 1. The van der Waals surface area contributed by atoms with Crippen LogP contribution >= 0.6 is 0 Å². The smallest absolute Gasteiger partial charge is 0.410 e. The van der Waals surface area contributed by atoms with E-state index in [0.717, 1.165) is 29.4 Å². The lowest BCUT2D eigenvalue weighted by Crippen LogP contribution is -2.41. The molecule has 7 nitrogen and oxygen atoms in total. The van der Waals surface area contributed by atoms with Crippen LogP contribution in [0.1, 0.15) is 52.0 Å². The second-order valence-electron chi connectivity index (χ2n) is 7.76. The summed E-state index contributed by atoms with van der Waals surface area (Å²) >= 11 is 0. The second-order valence-corrected chi connectivity index (χ2v) is 7.76. The molecular weight excluding hydrogens is 332 g/mol. The number of amides is 2. The van der Waals surface area contributed by atoms with Gasteiger partial charge in [0.15, 0.2) is 0 Å². The zero-order valence-electron chi connectivity index (χ0n) is 15.8. The second kappa shape index (κ2) is 6.97. The number of rotatable bonds is 2. The molecular formula is C19H26N4O3. The summed E-state index contributed by atoms with van der Waals surface area (Å²) < 4.78 is 5.45. The van der Waals surface area contributed by atoms with Crippen LogP contribution in [0.15, 0.2) is 18.3 Å². The first-order chi connectivity index (χ1) is 12.2. The maximum atomic E-state index is 12.2. The predicted molar refractivity (Wildman–Crippen MR) is 100 cm³/mol. The lowest BCUT2D eigenvalue weighted by Gasteiger charge is -2.33. The third kappa shape index (κ3) is 4.15. The Morgan fingerprint density at radius 3 is 2.58 bits per heavy atom. The van der Waals surface area contributed by atoms with Gasteiger partial charge in [-0.25, -0.2) is 9.78 Å². The molecule has 0 unspecified atom stereocenters. The molecule has 26 heavy (non-hydrogen) atoms. The van der Waals surface area contributed by atoms with E-state index < -0.39 is 5.60 Å². The molecule has 7 heteroatoms. The molecule has 0 aromatic carbocycles.